The number of thioether (sulfide) groups is 1. The summed E-state index contributed by atoms with van der Waals surface area (Å²) in [5.74, 6) is -0.0397. The summed E-state index contributed by atoms with van der Waals surface area (Å²) < 4.78 is -0.800. The summed E-state index contributed by atoms with van der Waals surface area (Å²) >= 11 is 1.34. The molecule has 4 heteroatoms. The average molecular weight is 226 g/mol. The monoisotopic (exact) mass is 226 g/mol. The van der Waals surface area contributed by atoms with E-state index in [1.165, 1.54) is 11.8 Å². The van der Waals surface area contributed by atoms with Crippen LogP contribution in [-0.2, 0) is 10.5 Å². The van der Waals surface area contributed by atoms with Crippen LogP contribution in [0.5, 0.6) is 5.75 Å². The average Bonchev–Trinajstić information content (AvgIpc) is 2.15. The minimum atomic E-state index is -0.826. The molecular weight excluding hydrogens is 212 g/mol. The second-order valence-electron chi connectivity index (χ2n) is 3.77. The van der Waals surface area contributed by atoms with Crippen molar-refractivity contribution in [2.24, 2.45) is 0 Å². The summed E-state index contributed by atoms with van der Waals surface area (Å²) in [7, 11) is 0. The molecule has 0 radical (unpaired) electrons. The van der Waals surface area contributed by atoms with E-state index in [1.807, 2.05) is 6.07 Å². The molecule has 0 spiro atoms. The van der Waals surface area contributed by atoms with Crippen LogP contribution in [0, 0.1) is 0 Å². The van der Waals surface area contributed by atoms with E-state index in [-0.39, 0.29) is 5.75 Å². The molecule has 82 valence electrons. The number of carboxylic acids is 1. The maximum absolute atomic E-state index is 10.8. The van der Waals surface area contributed by atoms with E-state index in [4.69, 9.17) is 5.11 Å². The fourth-order valence-corrected chi connectivity index (χ4v) is 1.80. The van der Waals surface area contributed by atoms with Crippen molar-refractivity contribution in [1.29, 1.82) is 0 Å². The topological polar surface area (TPSA) is 57.5 Å². The number of phenols is 1. The first-order valence-electron chi connectivity index (χ1n) is 4.57. The van der Waals surface area contributed by atoms with Gasteiger partial charge in [-0.15, -0.1) is 11.8 Å². The van der Waals surface area contributed by atoms with Gasteiger partial charge in [0.2, 0.25) is 0 Å². The van der Waals surface area contributed by atoms with Crippen molar-refractivity contribution in [2.45, 2.75) is 24.3 Å². The molecular formula is C11H14O3S. The number of hydrogen-bond acceptors (Lipinski definition) is 3. The molecule has 0 aliphatic heterocycles. The molecule has 0 aliphatic rings. The fourth-order valence-electron chi connectivity index (χ4n) is 0.972. The van der Waals surface area contributed by atoms with E-state index in [1.54, 1.807) is 32.0 Å². The summed E-state index contributed by atoms with van der Waals surface area (Å²) in [6.07, 6.45) is 0. The number of rotatable bonds is 4. The van der Waals surface area contributed by atoms with Crippen LogP contribution in [0.4, 0.5) is 0 Å². The van der Waals surface area contributed by atoms with Crippen LogP contribution in [0.15, 0.2) is 24.3 Å². The van der Waals surface area contributed by atoms with Gasteiger partial charge in [0.1, 0.15) is 10.5 Å². The van der Waals surface area contributed by atoms with Crippen molar-refractivity contribution < 1.29 is 15.0 Å². The summed E-state index contributed by atoms with van der Waals surface area (Å²) in [5.41, 5.74) is 0.925. The molecule has 0 bridgehead atoms. The highest BCUT2D eigenvalue weighted by molar-refractivity contribution is 8.00. The van der Waals surface area contributed by atoms with Gasteiger partial charge < -0.3 is 10.2 Å². The van der Waals surface area contributed by atoms with Gasteiger partial charge in [0.15, 0.2) is 0 Å². The lowest BCUT2D eigenvalue weighted by Gasteiger charge is -2.18. The Morgan fingerprint density at radius 3 is 2.67 bits per heavy atom. The lowest BCUT2D eigenvalue weighted by Crippen LogP contribution is -2.27. The Balaban J connectivity index is 2.61. The minimum Gasteiger partial charge on any atom is -0.508 e. The van der Waals surface area contributed by atoms with Gasteiger partial charge in [-0.1, -0.05) is 12.1 Å². The molecule has 0 heterocycles. The van der Waals surface area contributed by atoms with Gasteiger partial charge >= 0.3 is 5.97 Å². The van der Waals surface area contributed by atoms with Crippen molar-refractivity contribution in [3.8, 4) is 5.75 Å². The molecule has 3 nitrogen and oxygen atoms in total. The smallest absolute Gasteiger partial charge is 0.319 e. The number of carboxylic acid groups (broad SMARTS) is 1. The van der Waals surface area contributed by atoms with Gasteiger partial charge in [0.25, 0.3) is 0 Å². The minimum absolute atomic E-state index is 0.209. The largest absolute Gasteiger partial charge is 0.508 e. The van der Waals surface area contributed by atoms with Crippen molar-refractivity contribution in [3.63, 3.8) is 0 Å². The SMILES string of the molecule is CC(C)(SCc1cccc(O)c1)C(=O)O. The standard InChI is InChI=1S/C11H14O3S/c1-11(2,10(13)14)15-7-8-4-3-5-9(12)6-8/h3-6,12H,7H2,1-2H3,(H,13,14). The van der Waals surface area contributed by atoms with Gasteiger partial charge in [-0.2, -0.15) is 0 Å². The predicted molar refractivity (Wildman–Crippen MR) is 61.1 cm³/mol. The Labute approximate surface area is 93.1 Å². The van der Waals surface area contributed by atoms with E-state index < -0.39 is 10.7 Å². The maximum atomic E-state index is 10.8. The third-order valence-electron chi connectivity index (χ3n) is 2.03. The van der Waals surface area contributed by atoms with E-state index in [2.05, 4.69) is 0 Å². The van der Waals surface area contributed by atoms with Gasteiger partial charge in [0.05, 0.1) is 0 Å². The van der Waals surface area contributed by atoms with Crippen LogP contribution in [0.25, 0.3) is 0 Å². The highest BCUT2D eigenvalue weighted by Gasteiger charge is 2.27. The van der Waals surface area contributed by atoms with E-state index >= 15 is 0 Å². The molecule has 2 N–H and O–H groups in total. The van der Waals surface area contributed by atoms with Crippen LogP contribution >= 0.6 is 11.8 Å². The number of aliphatic carboxylic acids is 1. The normalized spacial score (nSPS) is 11.3. The van der Waals surface area contributed by atoms with Crippen molar-refractivity contribution in [1.82, 2.24) is 0 Å². The highest BCUT2D eigenvalue weighted by atomic mass is 32.2. The number of hydrogen-bond donors (Lipinski definition) is 2. The van der Waals surface area contributed by atoms with E-state index in [0.29, 0.717) is 5.75 Å². The Hall–Kier alpha value is -1.16. The predicted octanol–water partition coefficient (Wildman–Crippen LogP) is 2.49. The molecule has 0 aliphatic carbocycles. The quantitative estimate of drug-likeness (QED) is 0.828. The number of phenolic OH excluding ortho intramolecular Hbond substituents is 1. The summed E-state index contributed by atoms with van der Waals surface area (Å²) in [6, 6.07) is 6.85. The Morgan fingerprint density at radius 1 is 1.47 bits per heavy atom. The third-order valence-corrected chi connectivity index (χ3v) is 3.40. The van der Waals surface area contributed by atoms with Gasteiger partial charge in [-0.25, -0.2) is 0 Å². The molecule has 0 fully saturated rings. The van der Waals surface area contributed by atoms with Crippen LogP contribution in [0.2, 0.25) is 0 Å². The van der Waals surface area contributed by atoms with Gasteiger partial charge in [-0.05, 0) is 31.5 Å². The molecule has 0 saturated heterocycles. The number of aromatic hydroxyl groups is 1. The first-order chi connectivity index (χ1) is 6.92. The Morgan fingerprint density at radius 2 is 2.13 bits per heavy atom. The molecule has 0 atom stereocenters. The zero-order chi connectivity index (χ0) is 11.5. The Bertz CT molecular complexity index is 361. The van der Waals surface area contributed by atoms with Crippen LogP contribution in [0.1, 0.15) is 19.4 Å². The molecule has 1 aromatic rings. The molecule has 0 unspecified atom stereocenters. The molecule has 0 amide bonds. The third kappa shape index (κ3) is 3.47. The first-order valence-corrected chi connectivity index (χ1v) is 5.55. The fraction of sp³-hybridized carbons (Fsp3) is 0.364. The van der Waals surface area contributed by atoms with Crippen LogP contribution < -0.4 is 0 Å². The second-order valence-corrected chi connectivity index (χ2v) is 5.37. The molecule has 15 heavy (non-hydrogen) atoms. The zero-order valence-electron chi connectivity index (χ0n) is 8.73. The van der Waals surface area contributed by atoms with Crippen molar-refractivity contribution in [2.75, 3.05) is 0 Å². The number of carbonyl (C=O) groups is 1. The lowest BCUT2D eigenvalue weighted by atomic mass is 10.2. The van der Waals surface area contributed by atoms with Gasteiger partial charge in [-0.3, -0.25) is 4.79 Å². The summed E-state index contributed by atoms with van der Waals surface area (Å²) in [5, 5.41) is 18.1. The summed E-state index contributed by atoms with van der Waals surface area (Å²) in [4.78, 5) is 10.8. The second kappa shape index (κ2) is 4.57. The zero-order valence-corrected chi connectivity index (χ0v) is 9.54. The van der Waals surface area contributed by atoms with E-state index in [0.717, 1.165) is 5.56 Å². The molecule has 1 rings (SSSR count). The molecule has 0 aromatic heterocycles. The first kappa shape index (κ1) is 11.9. The summed E-state index contributed by atoms with van der Waals surface area (Å²) in [6.45, 7) is 3.34. The highest BCUT2D eigenvalue weighted by Crippen LogP contribution is 2.28. The lowest BCUT2D eigenvalue weighted by molar-refractivity contribution is -0.138. The number of benzene rings is 1. The van der Waals surface area contributed by atoms with Crippen LogP contribution in [-0.4, -0.2) is 20.9 Å². The molecule has 0 saturated carbocycles. The Kier molecular flexibility index (Phi) is 3.63. The van der Waals surface area contributed by atoms with Crippen LogP contribution in [0.3, 0.4) is 0 Å². The van der Waals surface area contributed by atoms with Crippen molar-refractivity contribution in [3.05, 3.63) is 29.8 Å². The van der Waals surface area contributed by atoms with Gasteiger partial charge in [0, 0.05) is 5.75 Å². The maximum Gasteiger partial charge on any atom is 0.319 e. The van der Waals surface area contributed by atoms with E-state index in [9.17, 15) is 9.90 Å². The van der Waals surface area contributed by atoms with Crippen molar-refractivity contribution >= 4 is 17.7 Å². The molecule has 1 aromatic carbocycles.